The van der Waals surface area contributed by atoms with Gasteiger partial charge in [0.15, 0.2) is 0 Å². The summed E-state index contributed by atoms with van der Waals surface area (Å²) in [6, 6.07) is -0.259. The molecule has 1 aliphatic rings. The molecule has 1 aliphatic heterocycles. The molecular formula is C19H27N5O3S. The maximum Gasteiger partial charge on any atom is 0.275 e. The van der Waals surface area contributed by atoms with Crippen LogP contribution >= 0.6 is 11.3 Å². The predicted molar refractivity (Wildman–Crippen MR) is 107 cm³/mol. The summed E-state index contributed by atoms with van der Waals surface area (Å²) in [7, 11) is 1.84. The molecule has 1 saturated heterocycles. The van der Waals surface area contributed by atoms with Crippen molar-refractivity contribution < 1.29 is 14.3 Å². The fraction of sp³-hybridized carbons (Fsp3) is 0.579. The molecular weight excluding hydrogens is 378 g/mol. The van der Waals surface area contributed by atoms with Crippen LogP contribution in [0, 0.1) is 19.8 Å². The number of rotatable bonds is 6. The number of anilines is 1. The molecule has 0 aromatic carbocycles. The Morgan fingerprint density at radius 3 is 2.68 bits per heavy atom. The van der Waals surface area contributed by atoms with E-state index in [1.54, 1.807) is 10.1 Å². The third-order valence-corrected chi connectivity index (χ3v) is 5.88. The van der Waals surface area contributed by atoms with Gasteiger partial charge in [-0.3, -0.25) is 14.3 Å². The molecule has 2 aromatic heterocycles. The van der Waals surface area contributed by atoms with Crippen LogP contribution in [0.2, 0.25) is 0 Å². The Labute approximate surface area is 168 Å². The van der Waals surface area contributed by atoms with Crippen molar-refractivity contribution in [3.63, 3.8) is 0 Å². The van der Waals surface area contributed by atoms with Gasteiger partial charge in [-0.05, 0) is 32.6 Å². The second kappa shape index (κ2) is 8.40. The summed E-state index contributed by atoms with van der Waals surface area (Å²) in [4.78, 5) is 29.6. The predicted octanol–water partition coefficient (Wildman–Crippen LogP) is 2.74. The van der Waals surface area contributed by atoms with E-state index in [1.807, 2.05) is 34.7 Å². The normalized spacial score (nSPS) is 17.7. The van der Waals surface area contributed by atoms with Gasteiger partial charge < -0.3 is 15.4 Å². The van der Waals surface area contributed by atoms with Gasteiger partial charge in [-0.1, -0.05) is 13.8 Å². The molecule has 0 unspecified atom stereocenters. The molecule has 2 N–H and O–H groups in total. The number of nitrogens with zero attached hydrogens (tertiary/aromatic N) is 3. The summed E-state index contributed by atoms with van der Waals surface area (Å²) >= 11 is 1.37. The second-order valence-corrected chi connectivity index (χ2v) is 8.32. The molecule has 0 radical (unpaired) electrons. The maximum absolute atomic E-state index is 12.7. The Morgan fingerprint density at radius 2 is 2.11 bits per heavy atom. The van der Waals surface area contributed by atoms with Gasteiger partial charge in [0.1, 0.15) is 16.8 Å². The zero-order valence-electron chi connectivity index (χ0n) is 16.9. The minimum absolute atomic E-state index is 0.112. The Kier molecular flexibility index (Phi) is 6.14. The van der Waals surface area contributed by atoms with Crippen molar-refractivity contribution in [2.75, 3.05) is 11.9 Å². The molecule has 3 heterocycles. The topological polar surface area (TPSA) is 98.1 Å². The Bertz CT molecular complexity index is 867. The summed E-state index contributed by atoms with van der Waals surface area (Å²) in [5, 5.41) is 12.7. The van der Waals surface area contributed by atoms with E-state index in [4.69, 9.17) is 4.74 Å². The lowest BCUT2D eigenvalue weighted by molar-refractivity contribution is -0.131. The fourth-order valence-electron chi connectivity index (χ4n) is 3.21. The number of aromatic nitrogens is 3. The number of hydrogen-bond acceptors (Lipinski definition) is 6. The number of carbonyl (C=O) groups is 2. The molecule has 0 spiro atoms. The zero-order chi connectivity index (χ0) is 20.4. The fourth-order valence-corrected chi connectivity index (χ4v) is 4.23. The van der Waals surface area contributed by atoms with Crippen LogP contribution in [-0.2, 0) is 16.6 Å². The molecule has 1 fully saturated rings. The van der Waals surface area contributed by atoms with E-state index in [2.05, 4.69) is 20.7 Å². The van der Waals surface area contributed by atoms with E-state index in [1.165, 1.54) is 11.3 Å². The standard InChI is InChI=1S/C19H27N5O3S/c1-10(2)15(21-18(26)14-7-6-8-27-14)19-20-13(9-28-19)17(25)22-16-11(3)23-24(5)12(16)4/h9-10,14-15H,6-8H2,1-5H3,(H,21,26)(H,22,25)/t14-,15+/m1/s1. The Balaban J connectivity index is 1.73. The average Bonchev–Trinajstić information content (AvgIpc) is 3.37. The highest BCUT2D eigenvalue weighted by molar-refractivity contribution is 7.10. The lowest BCUT2D eigenvalue weighted by Gasteiger charge is -2.22. The minimum atomic E-state index is -0.388. The number of aryl methyl sites for hydroxylation is 2. The number of thiazole rings is 1. The Hall–Kier alpha value is -2.26. The summed E-state index contributed by atoms with van der Waals surface area (Å²) in [6.07, 6.45) is 1.26. The molecule has 0 aliphatic carbocycles. The molecule has 0 bridgehead atoms. The first-order chi connectivity index (χ1) is 13.3. The highest BCUT2D eigenvalue weighted by atomic mass is 32.1. The van der Waals surface area contributed by atoms with Crippen LogP contribution in [0.3, 0.4) is 0 Å². The lowest BCUT2D eigenvalue weighted by Crippen LogP contribution is -2.38. The summed E-state index contributed by atoms with van der Waals surface area (Å²) < 4.78 is 7.19. The quantitative estimate of drug-likeness (QED) is 0.770. The van der Waals surface area contributed by atoms with Gasteiger partial charge in [0.25, 0.3) is 5.91 Å². The first kappa shape index (κ1) is 20.5. The second-order valence-electron chi connectivity index (χ2n) is 7.43. The smallest absolute Gasteiger partial charge is 0.275 e. The van der Waals surface area contributed by atoms with Crippen molar-refractivity contribution in [3.8, 4) is 0 Å². The molecule has 152 valence electrons. The zero-order valence-corrected chi connectivity index (χ0v) is 17.7. The molecule has 2 amide bonds. The first-order valence-electron chi connectivity index (χ1n) is 9.47. The maximum atomic E-state index is 12.7. The van der Waals surface area contributed by atoms with Gasteiger partial charge in [-0.15, -0.1) is 11.3 Å². The number of carbonyl (C=O) groups excluding carboxylic acids is 2. The van der Waals surface area contributed by atoms with Crippen molar-refractivity contribution >= 4 is 28.8 Å². The molecule has 8 nitrogen and oxygen atoms in total. The summed E-state index contributed by atoms with van der Waals surface area (Å²) in [5.74, 6) is -0.260. The van der Waals surface area contributed by atoms with E-state index >= 15 is 0 Å². The van der Waals surface area contributed by atoms with Gasteiger partial charge >= 0.3 is 0 Å². The van der Waals surface area contributed by atoms with E-state index in [0.29, 0.717) is 23.0 Å². The minimum Gasteiger partial charge on any atom is -0.368 e. The van der Waals surface area contributed by atoms with Crippen molar-refractivity contribution in [1.82, 2.24) is 20.1 Å². The SMILES string of the molecule is Cc1nn(C)c(C)c1NC(=O)c1csc([C@@H](NC(=O)[C@H]2CCCO2)C(C)C)n1. The highest BCUT2D eigenvalue weighted by Gasteiger charge is 2.29. The molecule has 2 aromatic rings. The van der Waals surface area contributed by atoms with Crippen molar-refractivity contribution in [2.45, 2.75) is 52.7 Å². The summed E-state index contributed by atoms with van der Waals surface area (Å²) in [6.45, 7) is 8.41. The number of ether oxygens (including phenoxy) is 1. The monoisotopic (exact) mass is 405 g/mol. The van der Waals surface area contributed by atoms with E-state index in [0.717, 1.165) is 24.2 Å². The van der Waals surface area contributed by atoms with Crippen LogP contribution < -0.4 is 10.6 Å². The van der Waals surface area contributed by atoms with E-state index in [-0.39, 0.29) is 29.9 Å². The van der Waals surface area contributed by atoms with Crippen LogP contribution in [0.1, 0.15) is 59.6 Å². The number of amides is 2. The number of hydrogen-bond donors (Lipinski definition) is 2. The summed E-state index contributed by atoms with van der Waals surface area (Å²) in [5.41, 5.74) is 2.67. The van der Waals surface area contributed by atoms with Gasteiger partial charge in [-0.2, -0.15) is 5.10 Å². The third kappa shape index (κ3) is 4.25. The Morgan fingerprint density at radius 1 is 1.36 bits per heavy atom. The molecule has 0 saturated carbocycles. The van der Waals surface area contributed by atoms with Crippen LogP contribution in [-0.4, -0.2) is 39.3 Å². The van der Waals surface area contributed by atoms with Crippen molar-refractivity contribution in [1.29, 1.82) is 0 Å². The van der Waals surface area contributed by atoms with Crippen LogP contribution in [0.25, 0.3) is 0 Å². The van der Waals surface area contributed by atoms with E-state index < -0.39 is 0 Å². The first-order valence-corrected chi connectivity index (χ1v) is 10.3. The molecule has 3 rings (SSSR count). The molecule has 2 atom stereocenters. The lowest BCUT2D eigenvalue weighted by atomic mass is 10.0. The van der Waals surface area contributed by atoms with Gasteiger partial charge in [0.2, 0.25) is 5.91 Å². The van der Waals surface area contributed by atoms with Crippen LogP contribution in [0.4, 0.5) is 5.69 Å². The van der Waals surface area contributed by atoms with Gasteiger partial charge in [0.05, 0.1) is 23.1 Å². The molecule has 28 heavy (non-hydrogen) atoms. The number of nitrogens with one attached hydrogen (secondary N) is 2. The third-order valence-electron chi connectivity index (χ3n) is 4.95. The van der Waals surface area contributed by atoms with Crippen LogP contribution in [0.15, 0.2) is 5.38 Å². The van der Waals surface area contributed by atoms with Gasteiger partial charge in [0, 0.05) is 19.0 Å². The van der Waals surface area contributed by atoms with Crippen LogP contribution in [0.5, 0.6) is 0 Å². The molecule has 9 heteroatoms. The largest absolute Gasteiger partial charge is 0.368 e. The van der Waals surface area contributed by atoms with Crippen molar-refractivity contribution in [3.05, 3.63) is 27.5 Å². The van der Waals surface area contributed by atoms with Gasteiger partial charge in [-0.25, -0.2) is 4.98 Å². The average molecular weight is 406 g/mol. The van der Waals surface area contributed by atoms with Crippen molar-refractivity contribution in [2.24, 2.45) is 13.0 Å². The van der Waals surface area contributed by atoms with E-state index in [9.17, 15) is 9.59 Å². The highest BCUT2D eigenvalue weighted by Crippen LogP contribution is 2.27.